The predicted octanol–water partition coefficient (Wildman–Crippen LogP) is 27.0. The Bertz CT molecular complexity index is 2050. The fraction of sp³-hybridized carbons (Fsp3) is 0.955. The minimum Gasteiger partial charge on any atom is -0.462 e. The van der Waals surface area contributed by atoms with Crippen molar-refractivity contribution < 1.29 is 80.2 Å². The molecule has 0 aromatic rings. The highest BCUT2D eigenvalue weighted by molar-refractivity contribution is 7.47. The van der Waals surface area contributed by atoms with Crippen LogP contribution in [0.4, 0.5) is 0 Å². The van der Waals surface area contributed by atoms with Crippen molar-refractivity contribution in [2.45, 2.75) is 490 Å². The highest BCUT2D eigenvalue weighted by atomic mass is 31.2. The van der Waals surface area contributed by atoms with Crippen LogP contribution >= 0.6 is 15.6 Å². The van der Waals surface area contributed by atoms with Gasteiger partial charge >= 0.3 is 39.5 Å². The maximum Gasteiger partial charge on any atom is 0.472 e. The molecule has 0 spiro atoms. The van der Waals surface area contributed by atoms with Gasteiger partial charge in [-0.2, -0.15) is 0 Å². The number of esters is 4. The second-order valence-corrected chi connectivity index (χ2v) is 35.3. The third kappa shape index (κ3) is 80.5. The van der Waals surface area contributed by atoms with Crippen LogP contribution in [0.2, 0.25) is 0 Å². The first-order valence-corrected chi connectivity index (χ1v) is 48.5. The number of rotatable bonds is 87. The van der Waals surface area contributed by atoms with Gasteiger partial charge in [0.05, 0.1) is 26.4 Å². The first-order chi connectivity index (χ1) is 51.9. The summed E-state index contributed by atoms with van der Waals surface area (Å²) >= 11 is 0. The molecule has 17 nitrogen and oxygen atoms in total. The lowest BCUT2D eigenvalue weighted by molar-refractivity contribution is -0.161. The Morgan fingerprint density at radius 2 is 0.477 bits per heavy atom. The van der Waals surface area contributed by atoms with Gasteiger partial charge in [0.1, 0.15) is 19.3 Å². The zero-order valence-corrected chi connectivity index (χ0v) is 72.2. The molecule has 0 aliphatic carbocycles. The molecular weight excluding hydrogens is 1390 g/mol. The topological polar surface area (TPSA) is 237 Å². The first kappa shape index (κ1) is 105. The molecule has 0 amide bonds. The van der Waals surface area contributed by atoms with E-state index in [9.17, 15) is 43.2 Å². The lowest BCUT2D eigenvalue weighted by atomic mass is 9.99. The molecule has 0 rings (SSSR count). The Kier molecular flexibility index (Phi) is 77.9. The van der Waals surface area contributed by atoms with E-state index < -0.39 is 97.5 Å². The fourth-order valence-corrected chi connectivity index (χ4v) is 15.3. The van der Waals surface area contributed by atoms with E-state index in [-0.39, 0.29) is 25.7 Å². The number of carbonyl (C=O) groups is 4. The van der Waals surface area contributed by atoms with Gasteiger partial charge in [0.25, 0.3) is 0 Å². The summed E-state index contributed by atoms with van der Waals surface area (Å²) in [6.07, 6.45) is 72.5. The minimum absolute atomic E-state index is 0.107. The number of hydrogen-bond acceptors (Lipinski definition) is 15. The summed E-state index contributed by atoms with van der Waals surface area (Å²) in [5.41, 5.74) is 0. The van der Waals surface area contributed by atoms with E-state index in [0.717, 1.165) is 115 Å². The van der Waals surface area contributed by atoms with Gasteiger partial charge in [-0.1, -0.05) is 420 Å². The van der Waals surface area contributed by atoms with Crippen LogP contribution in [0.25, 0.3) is 0 Å². The SMILES string of the molecule is CCCCCCCCCCCCCCCCCCCCCCCC(=O)OC[C@H](COP(=O)(O)OC[C@@H](O)COP(=O)(O)OC[C@@H](COC(=O)CCCCCCCCC)OC(=O)CCCCCCCCCCCCCCCCC(C)C)OC(=O)CCCCCCCCCCCCCCCCCCCCC(C)CC. The van der Waals surface area contributed by atoms with E-state index in [1.54, 1.807) is 0 Å². The molecule has 3 N–H and O–H groups in total. The number of phosphoric acid groups is 2. The van der Waals surface area contributed by atoms with Crippen molar-refractivity contribution in [1.29, 1.82) is 0 Å². The van der Waals surface area contributed by atoms with Crippen molar-refractivity contribution in [3.05, 3.63) is 0 Å². The zero-order valence-electron chi connectivity index (χ0n) is 70.5. The summed E-state index contributed by atoms with van der Waals surface area (Å²) in [5, 5.41) is 10.7. The molecular formula is C88H172O17P2. The van der Waals surface area contributed by atoms with Crippen molar-refractivity contribution in [2.24, 2.45) is 11.8 Å². The minimum atomic E-state index is -4.97. The Morgan fingerprint density at radius 3 is 0.710 bits per heavy atom. The van der Waals surface area contributed by atoms with E-state index >= 15 is 0 Å². The van der Waals surface area contributed by atoms with E-state index in [2.05, 4.69) is 41.5 Å². The maximum absolute atomic E-state index is 13.2. The molecule has 0 aromatic carbocycles. The molecule has 107 heavy (non-hydrogen) atoms. The number of aliphatic hydroxyl groups excluding tert-OH is 1. The summed E-state index contributed by atoms with van der Waals surface area (Å²) in [4.78, 5) is 73.1. The highest BCUT2D eigenvalue weighted by Crippen LogP contribution is 2.45. The van der Waals surface area contributed by atoms with Gasteiger partial charge in [-0.3, -0.25) is 37.3 Å². The molecule has 636 valence electrons. The normalized spacial score (nSPS) is 14.0. The van der Waals surface area contributed by atoms with Gasteiger partial charge in [0, 0.05) is 25.7 Å². The van der Waals surface area contributed by atoms with Crippen LogP contribution in [-0.2, 0) is 65.4 Å². The van der Waals surface area contributed by atoms with Crippen LogP contribution in [0.5, 0.6) is 0 Å². The second kappa shape index (κ2) is 79.3. The van der Waals surface area contributed by atoms with E-state index in [4.69, 9.17) is 37.0 Å². The van der Waals surface area contributed by atoms with Crippen LogP contribution in [0.1, 0.15) is 472 Å². The number of aliphatic hydroxyl groups is 1. The molecule has 19 heteroatoms. The largest absolute Gasteiger partial charge is 0.472 e. The Hall–Kier alpha value is -1.94. The van der Waals surface area contributed by atoms with E-state index in [0.29, 0.717) is 25.7 Å². The average Bonchev–Trinajstić information content (AvgIpc) is 0.902. The third-order valence-corrected chi connectivity index (χ3v) is 23.0. The number of ether oxygens (including phenoxy) is 4. The molecule has 0 aliphatic heterocycles. The van der Waals surface area contributed by atoms with Crippen molar-refractivity contribution in [1.82, 2.24) is 0 Å². The molecule has 0 radical (unpaired) electrons. The maximum atomic E-state index is 13.2. The fourth-order valence-electron chi connectivity index (χ4n) is 13.7. The molecule has 0 aliphatic rings. The van der Waals surface area contributed by atoms with E-state index in [1.807, 2.05) is 0 Å². The van der Waals surface area contributed by atoms with Crippen molar-refractivity contribution >= 4 is 39.5 Å². The molecule has 6 atom stereocenters. The highest BCUT2D eigenvalue weighted by Gasteiger charge is 2.31. The van der Waals surface area contributed by atoms with Crippen LogP contribution < -0.4 is 0 Å². The monoisotopic (exact) mass is 1560 g/mol. The van der Waals surface area contributed by atoms with Gasteiger partial charge in [0.15, 0.2) is 12.2 Å². The third-order valence-electron chi connectivity index (χ3n) is 21.1. The Labute approximate surface area is 658 Å². The molecule has 0 heterocycles. The van der Waals surface area contributed by atoms with Crippen LogP contribution in [0.3, 0.4) is 0 Å². The Balaban J connectivity index is 5.15. The van der Waals surface area contributed by atoms with Crippen molar-refractivity contribution in [2.75, 3.05) is 39.6 Å². The molecule has 3 unspecified atom stereocenters. The smallest absolute Gasteiger partial charge is 0.462 e. The van der Waals surface area contributed by atoms with Gasteiger partial charge < -0.3 is 33.8 Å². The molecule has 0 aromatic heterocycles. The average molecular weight is 1560 g/mol. The van der Waals surface area contributed by atoms with Crippen LogP contribution in [-0.4, -0.2) is 96.7 Å². The second-order valence-electron chi connectivity index (χ2n) is 32.4. The lowest BCUT2D eigenvalue weighted by Gasteiger charge is -2.21. The van der Waals surface area contributed by atoms with Crippen molar-refractivity contribution in [3.8, 4) is 0 Å². The molecule has 0 bridgehead atoms. The van der Waals surface area contributed by atoms with Gasteiger partial charge in [-0.25, -0.2) is 9.13 Å². The van der Waals surface area contributed by atoms with Gasteiger partial charge in [-0.15, -0.1) is 0 Å². The standard InChI is InChI=1S/C88H172O17P2/c1-7-10-12-14-16-17-18-19-20-21-22-23-24-28-31-37-42-47-53-59-65-71-86(91)99-77-84(105-88(93)73-66-60-54-48-43-38-32-29-26-25-27-30-36-41-46-52-57-63-69-81(6)9-3)79-103-107(96,97)101-75-82(89)74-100-106(94,95)102-78-83(76-98-85(90)70-64-58-50-15-13-11-8-2)104-87(92)72-67-61-55-49-44-39-34-33-35-40-45-51-56-62-68-80(4)5/h80-84,89H,7-79H2,1-6H3,(H,94,95)(H,96,97)/t81?,82-,83+,84+/m0/s1. The van der Waals surface area contributed by atoms with E-state index in [1.165, 1.54) is 276 Å². The number of phosphoric ester groups is 2. The summed E-state index contributed by atoms with van der Waals surface area (Å²) in [7, 11) is -9.92. The summed E-state index contributed by atoms with van der Waals surface area (Å²) in [5.74, 6) is -0.439. The molecule has 0 fully saturated rings. The Morgan fingerprint density at radius 1 is 0.271 bits per heavy atom. The zero-order chi connectivity index (χ0) is 78.5. The summed E-state index contributed by atoms with van der Waals surface area (Å²) in [6, 6.07) is 0. The van der Waals surface area contributed by atoms with Crippen molar-refractivity contribution in [3.63, 3.8) is 0 Å². The summed E-state index contributed by atoms with van der Waals surface area (Å²) < 4.78 is 68.8. The first-order valence-electron chi connectivity index (χ1n) is 45.5. The van der Waals surface area contributed by atoms with Crippen LogP contribution in [0.15, 0.2) is 0 Å². The lowest BCUT2D eigenvalue weighted by Crippen LogP contribution is -2.30. The number of unbranched alkanes of at least 4 members (excludes halogenated alkanes) is 56. The molecule has 0 saturated carbocycles. The van der Waals surface area contributed by atoms with Crippen LogP contribution in [0, 0.1) is 11.8 Å². The predicted molar refractivity (Wildman–Crippen MR) is 442 cm³/mol. The van der Waals surface area contributed by atoms with Gasteiger partial charge in [0.2, 0.25) is 0 Å². The van der Waals surface area contributed by atoms with Gasteiger partial charge in [-0.05, 0) is 37.5 Å². The molecule has 0 saturated heterocycles. The number of carbonyl (C=O) groups excluding carboxylic acids is 4. The number of hydrogen-bond donors (Lipinski definition) is 3. The summed E-state index contributed by atoms with van der Waals surface area (Å²) in [6.45, 7) is 9.72. The quantitative estimate of drug-likeness (QED) is 0.0222.